The van der Waals surface area contributed by atoms with Gasteiger partial charge in [-0.3, -0.25) is 0 Å². The number of piperidine rings is 1. The lowest BCUT2D eigenvalue weighted by molar-refractivity contribution is -0.130. The lowest BCUT2D eigenvalue weighted by Crippen LogP contribution is -2.47. The van der Waals surface area contributed by atoms with Crippen LogP contribution < -0.4 is 0 Å². The Bertz CT molecular complexity index is 419. The second-order valence-corrected chi connectivity index (χ2v) is 5.55. The van der Waals surface area contributed by atoms with E-state index in [1.54, 1.807) is 20.8 Å². The Labute approximate surface area is 112 Å². The minimum atomic E-state index is -1.34. The molecule has 1 rings (SSSR count). The van der Waals surface area contributed by atoms with E-state index in [0.717, 1.165) is 0 Å². The predicted molar refractivity (Wildman–Crippen MR) is 67.4 cm³/mol. The molecule has 0 radical (unpaired) electrons. The van der Waals surface area contributed by atoms with Gasteiger partial charge in [-0.15, -0.1) is 0 Å². The summed E-state index contributed by atoms with van der Waals surface area (Å²) in [7, 11) is 0. The van der Waals surface area contributed by atoms with Crippen molar-refractivity contribution in [2.24, 2.45) is 0 Å². The molecule has 6 nitrogen and oxygen atoms in total. The van der Waals surface area contributed by atoms with Crippen molar-refractivity contribution in [3.8, 4) is 11.8 Å². The second kappa shape index (κ2) is 5.49. The molecule has 0 unspecified atom stereocenters. The summed E-state index contributed by atoms with van der Waals surface area (Å²) in [6.07, 6.45) is -0.000258. The summed E-state index contributed by atoms with van der Waals surface area (Å²) in [5.41, 5.74) is -1.90. The molecule has 0 aromatic heterocycles. The molecule has 1 saturated heterocycles. The Morgan fingerprint density at radius 3 is 2.21 bits per heavy atom. The number of carboxylic acid groups (broad SMARTS) is 1. The number of amides is 1. The Balaban J connectivity index is 2.56. The van der Waals surface area contributed by atoms with E-state index >= 15 is 0 Å². The van der Waals surface area contributed by atoms with Crippen LogP contribution in [0.25, 0.3) is 0 Å². The highest BCUT2D eigenvalue weighted by Gasteiger charge is 2.34. The molecule has 19 heavy (non-hydrogen) atoms. The number of carbonyl (C=O) groups excluding carboxylic acids is 1. The Hall–Kier alpha value is -1.74. The van der Waals surface area contributed by atoms with E-state index in [0.29, 0.717) is 13.1 Å². The van der Waals surface area contributed by atoms with Crippen molar-refractivity contribution in [2.45, 2.75) is 44.8 Å². The van der Waals surface area contributed by atoms with Crippen molar-refractivity contribution in [1.82, 2.24) is 4.90 Å². The minimum Gasteiger partial charge on any atom is -0.472 e. The maximum atomic E-state index is 11.8. The summed E-state index contributed by atoms with van der Waals surface area (Å²) in [6, 6.07) is 0. The predicted octanol–water partition coefficient (Wildman–Crippen LogP) is 0.836. The second-order valence-electron chi connectivity index (χ2n) is 5.55. The van der Waals surface area contributed by atoms with Gasteiger partial charge < -0.3 is 19.8 Å². The molecular weight excluding hydrogens is 250 g/mol. The van der Waals surface area contributed by atoms with Crippen molar-refractivity contribution in [3.05, 3.63) is 0 Å². The van der Waals surface area contributed by atoms with Crippen LogP contribution in [0.2, 0.25) is 0 Å². The molecule has 106 valence electrons. The first kappa shape index (κ1) is 15.3. The van der Waals surface area contributed by atoms with E-state index in [1.165, 1.54) is 4.90 Å². The molecule has 1 aliphatic heterocycles. The van der Waals surface area contributed by atoms with Crippen LogP contribution in [0.4, 0.5) is 4.79 Å². The summed E-state index contributed by atoms with van der Waals surface area (Å²) in [5.74, 6) is 2.98. The van der Waals surface area contributed by atoms with Crippen molar-refractivity contribution < 1.29 is 24.5 Å². The molecule has 0 aromatic carbocycles. The molecule has 2 N–H and O–H groups in total. The van der Waals surface area contributed by atoms with Gasteiger partial charge in [0, 0.05) is 31.9 Å². The van der Waals surface area contributed by atoms with Gasteiger partial charge >= 0.3 is 12.1 Å². The number of hydrogen-bond acceptors (Lipinski definition) is 4. The number of carbonyl (C=O) groups is 2. The number of carboxylic acids is 1. The van der Waals surface area contributed by atoms with Gasteiger partial charge in [0.15, 0.2) is 0 Å². The summed E-state index contributed by atoms with van der Waals surface area (Å²) in [5, 5.41) is 18.5. The Kier molecular flexibility index (Phi) is 4.43. The van der Waals surface area contributed by atoms with Gasteiger partial charge in [0.1, 0.15) is 11.2 Å². The lowest BCUT2D eigenvalue weighted by atomic mass is 9.92. The highest BCUT2D eigenvalue weighted by molar-refractivity contribution is 5.86. The SMILES string of the molecule is CC(C)(C)OC(=O)N1CCC(O)(C#CC(=O)O)CC1. The van der Waals surface area contributed by atoms with Gasteiger partial charge in [-0.25, -0.2) is 9.59 Å². The Morgan fingerprint density at radius 2 is 1.79 bits per heavy atom. The molecule has 1 aliphatic rings. The van der Waals surface area contributed by atoms with Crippen LogP contribution in [0.5, 0.6) is 0 Å². The van der Waals surface area contributed by atoms with Crippen LogP contribution >= 0.6 is 0 Å². The average molecular weight is 269 g/mol. The van der Waals surface area contributed by atoms with Crippen LogP contribution in [0.3, 0.4) is 0 Å². The monoisotopic (exact) mass is 269 g/mol. The summed E-state index contributed by atoms with van der Waals surface area (Å²) >= 11 is 0. The quantitative estimate of drug-likeness (QED) is 0.636. The number of ether oxygens (including phenoxy) is 1. The molecule has 1 fully saturated rings. The topological polar surface area (TPSA) is 87.1 Å². The van der Waals surface area contributed by atoms with Crippen LogP contribution in [0.1, 0.15) is 33.6 Å². The zero-order valence-electron chi connectivity index (χ0n) is 11.4. The Morgan fingerprint density at radius 1 is 1.26 bits per heavy atom. The highest BCUT2D eigenvalue weighted by atomic mass is 16.6. The van der Waals surface area contributed by atoms with Gasteiger partial charge in [-0.2, -0.15) is 0 Å². The van der Waals surface area contributed by atoms with E-state index in [-0.39, 0.29) is 12.8 Å². The normalized spacial score (nSPS) is 18.2. The largest absolute Gasteiger partial charge is 0.472 e. The smallest absolute Gasteiger partial charge is 0.410 e. The molecule has 0 spiro atoms. The number of hydrogen-bond donors (Lipinski definition) is 2. The third kappa shape index (κ3) is 5.18. The van der Waals surface area contributed by atoms with E-state index in [4.69, 9.17) is 9.84 Å². The van der Waals surface area contributed by atoms with Crippen LogP contribution in [0.15, 0.2) is 0 Å². The molecular formula is C13H19NO5. The number of rotatable bonds is 0. The van der Waals surface area contributed by atoms with Gasteiger partial charge in [-0.05, 0) is 20.8 Å². The fourth-order valence-electron chi connectivity index (χ4n) is 1.68. The average Bonchev–Trinajstić information content (AvgIpc) is 2.25. The number of nitrogens with zero attached hydrogens (tertiary/aromatic N) is 1. The van der Waals surface area contributed by atoms with Crippen molar-refractivity contribution in [3.63, 3.8) is 0 Å². The molecule has 6 heteroatoms. The van der Waals surface area contributed by atoms with Crippen molar-refractivity contribution in [2.75, 3.05) is 13.1 Å². The van der Waals surface area contributed by atoms with E-state index < -0.39 is 23.3 Å². The van der Waals surface area contributed by atoms with Crippen molar-refractivity contribution >= 4 is 12.1 Å². The molecule has 0 aliphatic carbocycles. The summed E-state index contributed by atoms with van der Waals surface area (Å²) in [4.78, 5) is 23.6. The first-order chi connectivity index (χ1) is 8.61. The molecule has 0 bridgehead atoms. The molecule has 1 amide bonds. The minimum absolute atomic E-state index is 0.215. The van der Waals surface area contributed by atoms with Crippen LogP contribution in [0, 0.1) is 11.8 Å². The van der Waals surface area contributed by atoms with E-state index in [2.05, 4.69) is 5.92 Å². The fraction of sp³-hybridized carbons (Fsp3) is 0.692. The van der Waals surface area contributed by atoms with Gasteiger partial charge in [0.2, 0.25) is 0 Å². The number of aliphatic hydroxyl groups is 1. The first-order valence-corrected chi connectivity index (χ1v) is 6.08. The van der Waals surface area contributed by atoms with Gasteiger partial charge in [0.25, 0.3) is 0 Å². The zero-order chi connectivity index (χ0) is 14.7. The molecule has 0 aromatic rings. The molecule has 1 heterocycles. The van der Waals surface area contributed by atoms with Gasteiger partial charge in [-0.1, -0.05) is 5.92 Å². The van der Waals surface area contributed by atoms with Crippen LogP contribution in [-0.4, -0.2) is 51.5 Å². The first-order valence-electron chi connectivity index (χ1n) is 6.08. The summed E-state index contributed by atoms with van der Waals surface area (Å²) in [6.45, 7) is 5.93. The standard InChI is InChI=1S/C13H19NO5/c1-12(2,3)19-11(17)14-8-6-13(18,7-9-14)5-4-10(15)16/h18H,6-9H2,1-3H3,(H,15,16). The summed E-state index contributed by atoms with van der Waals surface area (Å²) < 4.78 is 5.22. The third-order valence-electron chi connectivity index (χ3n) is 2.64. The van der Waals surface area contributed by atoms with Crippen molar-refractivity contribution in [1.29, 1.82) is 0 Å². The molecule has 0 atom stereocenters. The third-order valence-corrected chi connectivity index (χ3v) is 2.64. The van der Waals surface area contributed by atoms with E-state index in [1.807, 2.05) is 5.92 Å². The maximum Gasteiger partial charge on any atom is 0.410 e. The lowest BCUT2D eigenvalue weighted by Gasteiger charge is -2.35. The number of aliphatic carboxylic acids is 1. The van der Waals surface area contributed by atoms with Gasteiger partial charge in [0.05, 0.1) is 0 Å². The zero-order valence-corrected chi connectivity index (χ0v) is 11.4. The van der Waals surface area contributed by atoms with E-state index in [9.17, 15) is 14.7 Å². The maximum absolute atomic E-state index is 11.8. The number of likely N-dealkylation sites (tertiary alicyclic amines) is 1. The molecule has 0 saturated carbocycles. The highest BCUT2D eigenvalue weighted by Crippen LogP contribution is 2.22. The fourth-order valence-corrected chi connectivity index (χ4v) is 1.68. The van der Waals surface area contributed by atoms with Crippen LogP contribution in [-0.2, 0) is 9.53 Å².